The third-order valence-electron chi connectivity index (χ3n) is 4.81. The molecule has 0 saturated heterocycles. The lowest BCUT2D eigenvalue weighted by molar-refractivity contribution is -0.123. The van der Waals surface area contributed by atoms with Crippen molar-refractivity contribution in [1.29, 1.82) is 0 Å². The minimum atomic E-state index is -1.75. The smallest absolute Gasteiger partial charge is 0.250 e. The van der Waals surface area contributed by atoms with Crippen LogP contribution in [-0.4, -0.2) is 14.1 Å². The van der Waals surface area contributed by atoms with E-state index in [4.69, 9.17) is 4.43 Å². The quantitative estimate of drug-likeness (QED) is 0.697. The average molecular weight is 282 g/mol. The Hall–Kier alpha value is -0.573. The first kappa shape index (κ1) is 16.5. The van der Waals surface area contributed by atoms with E-state index in [1.54, 1.807) is 6.92 Å². The number of carbonyl (C=O) groups excluding carboxylic acids is 1. The molecule has 0 spiro atoms. The molecule has 0 radical (unpaired) electrons. The van der Waals surface area contributed by atoms with Gasteiger partial charge in [-0.3, -0.25) is 4.79 Å². The van der Waals surface area contributed by atoms with Gasteiger partial charge in [0.25, 0.3) is 0 Å². The third kappa shape index (κ3) is 3.71. The second kappa shape index (κ2) is 5.43. The van der Waals surface area contributed by atoms with Gasteiger partial charge in [0.05, 0.1) is 5.76 Å². The van der Waals surface area contributed by atoms with Crippen LogP contribution in [-0.2, 0) is 9.22 Å². The maximum atomic E-state index is 11.7. The third-order valence-corrected chi connectivity index (χ3v) is 9.20. The average Bonchev–Trinajstić information content (AvgIpc) is 2.12. The first-order chi connectivity index (χ1) is 8.45. The van der Waals surface area contributed by atoms with Crippen LogP contribution in [0.2, 0.25) is 18.1 Å². The second-order valence-electron chi connectivity index (χ2n) is 7.67. The van der Waals surface area contributed by atoms with E-state index in [1.807, 2.05) is 0 Å². The van der Waals surface area contributed by atoms with Gasteiger partial charge in [0.15, 0.2) is 0 Å². The maximum absolute atomic E-state index is 11.7. The highest BCUT2D eigenvalue weighted by Gasteiger charge is 2.41. The SMILES string of the molecule is CC(=O)[C@H]1[C@@H](C)C=C(O[Si](C)(C)C(C)(C)C)C[C@@H]1C. The van der Waals surface area contributed by atoms with Crippen molar-refractivity contribution < 1.29 is 9.22 Å². The Balaban J connectivity index is 2.88. The molecule has 0 fully saturated rings. The van der Waals surface area contributed by atoms with Crippen molar-refractivity contribution in [1.82, 2.24) is 0 Å². The zero-order valence-corrected chi connectivity index (χ0v) is 14.8. The van der Waals surface area contributed by atoms with Crippen LogP contribution in [0.3, 0.4) is 0 Å². The highest BCUT2D eigenvalue weighted by molar-refractivity contribution is 6.74. The van der Waals surface area contributed by atoms with Crippen LogP contribution in [0.15, 0.2) is 11.8 Å². The molecule has 0 heterocycles. The summed E-state index contributed by atoms with van der Waals surface area (Å²) in [5.74, 6) is 2.26. The molecule has 1 rings (SSSR count). The van der Waals surface area contributed by atoms with Gasteiger partial charge < -0.3 is 4.43 Å². The minimum absolute atomic E-state index is 0.159. The summed E-state index contributed by atoms with van der Waals surface area (Å²) in [6.45, 7) is 17.3. The summed E-state index contributed by atoms with van der Waals surface area (Å²) in [6.07, 6.45) is 3.09. The van der Waals surface area contributed by atoms with Crippen LogP contribution in [0.25, 0.3) is 0 Å². The summed E-state index contributed by atoms with van der Waals surface area (Å²) in [7, 11) is -1.75. The van der Waals surface area contributed by atoms with Gasteiger partial charge in [-0.05, 0) is 43.0 Å². The molecule has 0 unspecified atom stereocenters. The Labute approximate surface area is 119 Å². The summed E-state index contributed by atoms with van der Waals surface area (Å²) in [5, 5.41) is 0.220. The zero-order chi connectivity index (χ0) is 15.0. The van der Waals surface area contributed by atoms with E-state index in [-0.39, 0.29) is 11.0 Å². The molecule has 0 aliphatic heterocycles. The second-order valence-corrected chi connectivity index (χ2v) is 12.4. The van der Waals surface area contributed by atoms with E-state index in [9.17, 15) is 4.79 Å². The van der Waals surface area contributed by atoms with Gasteiger partial charge in [-0.2, -0.15) is 0 Å². The van der Waals surface area contributed by atoms with Gasteiger partial charge >= 0.3 is 0 Å². The number of hydrogen-bond acceptors (Lipinski definition) is 2. The van der Waals surface area contributed by atoms with Gasteiger partial charge in [-0.15, -0.1) is 0 Å². The first-order valence-electron chi connectivity index (χ1n) is 7.36. The molecule has 0 bridgehead atoms. The Morgan fingerprint density at radius 3 is 2.21 bits per heavy atom. The van der Waals surface area contributed by atoms with Crippen LogP contribution in [0.5, 0.6) is 0 Å². The summed E-state index contributed by atoms with van der Waals surface area (Å²) < 4.78 is 6.40. The molecule has 1 aliphatic carbocycles. The fraction of sp³-hybridized carbons (Fsp3) is 0.812. The zero-order valence-electron chi connectivity index (χ0n) is 13.8. The molecular weight excluding hydrogens is 252 g/mol. The van der Waals surface area contributed by atoms with Crippen molar-refractivity contribution in [3.63, 3.8) is 0 Å². The van der Waals surface area contributed by atoms with Gasteiger partial charge in [-0.1, -0.05) is 34.6 Å². The highest BCUT2D eigenvalue weighted by Crippen LogP contribution is 2.41. The highest BCUT2D eigenvalue weighted by atomic mass is 28.4. The lowest BCUT2D eigenvalue weighted by atomic mass is 9.75. The first-order valence-corrected chi connectivity index (χ1v) is 10.3. The van der Waals surface area contributed by atoms with Gasteiger partial charge in [0.2, 0.25) is 8.32 Å². The van der Waals surface area contributed by atoms with Crippen molar-refractivity contribution in [3.05, 3.63) is 11.8 Å². The van der Waals surface area contributed by atoms with E-state index in [0.717, 1.165) is 12.2 Å². The Bertz CT molecular complexity index is 377. The summed E-state index contributed by atoms with van der Waals surface area (Å²) >= 11 is 0. The van der Waals surface area contributed by atoms with Crippen molar-refractivity contribution >= 4 is 14.1 Å². The van der Waals surface area contributed by atoms with E-state index < -0.39 is 8.32 Å². The molecule has 1 aliphatic rings. The van der Waals surface area contributed by atoms with Crippen LogP contribution >= 0.6 is 0 Å². The molecule has 0 saturated carbocycles. The predicted octanol–water partition coefficient (Wildman–Crippen LogP) is 4.77. The number of allylic oxidation sites excluding steroid dienone is 2. The molecule has 0 aromatic rings. The standard InChI is InChI=1S/C16H30O2Si/c1-11-9-14(10-12(2)15(11)13(3)17)18-19(7,8)16(4,5)6/h9,11-12,15H,10H2,1-8H3/t11-,12-,15-/m0/s1. The molecule has 0 aromatic heterocycles. The van der Waals surface area contributed by atoms with Crippen LogP contribution in [0.4, 0.5) is 0 Å². The molecule has 3 atom stereocenters. The molecule has 0 aromatic carbocycles. The summed E-state index contributed by atoms with van der Waals surface area (Å²) in [5.41, 5.74) is 0. The largest absolute Gasteiger partial charge is 0.547 e. The number of carbonyl (C=O) groups is 1. The number of Topliss-reactive ketones (excluding diaryl/α,β-unsaturated/α-hetero) is 1. The number of rotatable bonds is 3. The van der Waals surface area contributed by atoms with E-state index in [2.05, 4.69) is 53.8 Å². The molecule has 0 amide bonds. The van der Waals surface area contributed by atoms with Crippen LogP contribution in [0.1, 0.15) is 48.0 Å². The monoisotopic (exact) mass is 282 g/mol. The van der Waals surface area contributed by atoms with Crippen molar-refractivity contribution in [2.75, 3.05) is 0 Å². The number of hydrogen-bond donors (Lipinski definition) is 0. The van der Waals surface area contributed by atoms with Crippen molar-refractivity contribution in [3.8, 4) is 0 Å². The number of ketones is 1. The lowest BCUT2D eigenvalue weighted by Crippen LogP contribution is -2.41. The van der Waals surface area contributed by atoms with Gasteiger partial charge in [0, 0.05) is 12.3 Å². The Kier molecular flexibility index (Phi) is 4.71. The molecule has 19 heavy (non-hydrogen) atoms. The summed E-state index contributed by atoms with van der Waals surface area (Å²) in [4.78, 5) is 11.7. The molecule has 110 valence electrons. The fourth-order valence-electron chi connectivity index (χ4n) is 2.75. The van der Waals surface area contributed by atoms with E-state index in [1.165, 1.54) is 0 Å². The predicted molar refractivity (Wildman–Crippen MR) is 83.5 cm³/mol. The van der Waals surface area contributed by atoms with Gasteiger partial charge in [0.1, 0.15) is 5.78 Å². The van der Waals surface area contributed by atoms with Gasteiger partial charge in [-0.25, -0.2) is 0 Å². The molecule has 0 N–H and O–H groups in total. The maximum Gasteiger partial charge on any atom is 0.250 e. The summed E-state index contributed by atoms with van der Waals surface area (Å²) in [6, 6.07) is 0. The topological polar surface area (TPSA) is 26.3 Å². The fourth-order valence-corrected chi connectivity index (χ4v) is 3.87. The lowest BCUT2D eigenvalue weighted by Gasteiger charge is -2.40. The molecule has 2 nitrogen and oxygen atoms in total. The minimum Gasteiger partial charge on any atom is -0.547 e. The van der Waals surface area contributed by atoms with Crippen molar-refractivity contribution in [2.24, 2.45) is 17.8 Å². The Morgan fingerprint density at radius 1 is 1.32 bits per heavy atom. The van der Waals surface area contributed by atoms with E-state index in [0.29, 0.717) is 17.6 Å². The van der Waals surface area contributed by atoms with Crippen molar-refractivity contribution in [2.45, 2.75) is 66.1 Å². The normalized spacial score (nSPS) is 28.8. The molecular formula is C16H30O2Si. The van der Waals surface area contributed by atoms with Crippen LogP contribution < -0.4 is 0 Å². The van der Waals surface area contributed by atoms with E-state index >= 15 is 0 Å². The molecule has 3 heteroatoms. The van der Waals surface area contributed by atoms with Crippen LogP contribution in [0, 0.1) is 17.8 Å². The Morgan fingerprint density at radius 2 is 1.84 bits per heavy atom.